The molecular formula is C18H30Br2F2. The van der Waals surface area contributed by atoms with E-state index in [0.717, 1.165) is 24.7 Å². The van der Waals surface area contributed by atoms with Gasteiger partial charge in [-0.1, -0.05) is 61.4 Å². The van der Waals surface area contributed by atoms with E-state index in [1.807, 2.05) is 0 Å². The van der Waals surface area contributed by atoms with Crippen LogP contribution in [0.4, 0.5) is 8.78 Å². The zero-order valence-corrected chi connectivity index (χ0v) is 16.9. The first-order valence-electron chi connectivity index (χ1n) is 9.11. The minimum atomic E-state index is -2.79. The van der Waals surface area contributed by atoms with E-state index >= 15 is 0 Å². The maximum absolute atomic E-state index is 13.6. The van der Waals surface area contributed by atoms with Crippen LogP contribution in [-0.2, 0) is 0 Å². The van der Waals surface area contributed by atoms with Crippen molar-refractivity contribution >= 4 is 31.9 Å². The minimum absolute atomic E-state index is 0.590. The van der Waals surface area contributed by atoms with Crippen molar-refractivity contribution in [2.45, 2.75) is 93.1 Å². The molecule has 2 fully saturated rings. The van der Waals surface area contributed by atoms with Gasteiger partial charge in [-0.25, -0.2) is 0 Å². The molecule has 0 nitrogen and oxygen atoms in total. The molecule has 0 aliphatic heterocycles. The summed E-state index contributed by atoms with van der Waals surface area (Å²) in [4.78, 5) is -2.79. The number of halogens is 4. The van der Waals surface area contributed by atoms with Gasteiger partial charge in [-0.2, -0.15) is 8.78 Å². The molecule has 0 atom stereocenters. The van der Waals surface area contributed by atoms with Crippen LogP contribution in [0.3, 0.4) is 0 Å². The highest BCUT2D eigenvalue weighted by molar-refractivity contribution is 9.12. The molecule has 0 aromatic carbocycles. The molecule has 130 valence electrons. The van der Waals surface area contributed by atoms with Gasteiger partial charge in [-0.3, -0.25) is 0 Å². The standard InChI is InChI=1S/C18H30Br2F2/c1-2-3-4-5-14-6-8-15(9-7-14)16-10-12-17(19,13-11-16)18(20,21)22/h14-16H,2-13H2,1H3. The summed E-state index contributed by atoms with van der Waals surface area (Å²) in [6, 6.07) is 0. The Morgan fingerprint density at radius 2 is 1.50 bits per heavy atom. The average molecular weight is 444 g/mol. The molecule has 2 rings (SSSR count). The van der Waals surface area contributed by atoms with Crippen molar-refractivity contribution in [2.75, 3.05) is 0 Å². The Morgan fingerprint density at radius 1 is 0.955 bits per heavy atom. The second kappa shape index (κ2) is 8.27. The van der Waals surface area contributed by atoms with Gasteiger partial charge >= 0.3 is 4.83 Å². The van der Waals surface area contributed by atoms with Gasteiger partial charge in [-0.15, -0.1) is 0 Å². The van der Waals surface area contributed by atoms with E-state index in [2.05, 4.69) is 38.8 Å². The Morgan fingerprint density at radius 3 is 2.00 bits per heavy atom. The maximum atomic E-state index is 13.6. The van der Waals surface area contributed by atoms with Crippen LogP contribution in [0.15, 0.2) is 0 Å². The lowest BCUT2D eigenvalue weighted by Gasteiger charge is -2.42. The largest absolute Gasteiger partial charge is 0.316 e. The molecule has 22 heavy (non-hydrogen) atoms. The first-order valence-corrected chi connectivity index (χ1v) is 10.7. The van der Waals surface area contributed by atoms with Crippen LogP contribution < -0.4 is 0 Å². The van der Waals surface area contributed by atoms with E-state index < -0.39 is 9.16 Å². The Balaban J connectivity index is 1.73. The van der Waals surface area contributed by atoms with E-state index in [0.29, 0.717) is 18.8 Å². The summed E-state index contributed by atoms with van der Waals surface area (Å²) in [5.74, 6) is 2.41. The Bertz CT molecular complexity index is 324. The van der Waals surface area contributed by atoms with Crippen molar-refractivity contribution in [1.29, 1.82) is 0 Å². The fourth-order valence-corrected chi connectivity index (χ4v) is 5.34. The summed E-state index contributed by atoms with van der Waals surface area (Å²) in [6.45, 7) is 2.26. The molecule has 0 heterocycles. The molecule has 0 amide bonds. The van der Waals surface area contributed by atoms with E-state index in [-0.39, 0.29) is 0 Å². The topological polar surface area (TPSA) is 0 Å². The van der Waals surface area contributed by atoms with Crippen LogP contribution in [-0.4, -0.2) is 9.16 Å². The lowest BCUT2D eigenvalue weighted by molar-refractivity contribution is 0.0341. The van der Waals surface area contributed by atoms with Crippen LogP contribution in [0.2, 0.25) is 0 Å². The van der Waals surface area contributed by atoms with Gasteiger partial charge in [0.05, 0.1) is 4.32 Å². The molecule has 2 aliphatic carbocycles. The molecule has 0 radical (unpaired) electrons. The highest BCUT2D eigenvalue weighted by Crippen LogP contribution is 2.53. The predicted molar refractivity (Wildman–Crippen MR) is 97.1 cm³/mol. The van der Waals surface area contributed by atoms with E-state index in [1.165, 1.54) is 51.4 Å². The third-order valence-corrected chi connectivity index (χ3v) is 8.69. The van der Waals surface area contributed by atoms with Gasteiger partial charge in [0, 0.05) is 0 Å². The fourth-order valence-electron chi connectivity index (χ4n) is 4.48. The van der Waals surface area contributed by atoms with Gasteiger partial charge in [0.25, 0.3) is 0 Å². The van der Waals surface area contributed by atoms with E-state index in [1.54, 1.807) is 0 Å². The Labute approximate surface area is 151 Å². The smallest absolute Gasteiger partial charge is 0.192 e. The first kappa shape index (κ1) is 19.1. The lowest BCUT2D eigenvalue weighted by atomic mass is 9.68. The summed E-state index contributed by atoms with van der Waals surface area (Å²) in [6.07, 6.45) is 14.0. The number of unbranched alkanes of at least 4 members (excludes halogenated alkanes) is 2. The molecule has 0 spiro atoms. The maximum Gasteiger partial charge on any atom is 0.316 e. The van der Waals surface area contributed by atoms with Crippen molar-refractivity contribution in [3.8, 4) is 0 Å². The average Bonchev–Trinajstić information content (AvgIpc) is 2.48. The van der Waals surface area contributed by atoms with Gasteiger partial charge in [0.2, 0.25) is 0 Å². The second-order valence-corrected chi connectivity index (χ2v) is 10.1. The minimum Gasteiger partial charge on any atom is -0.192 e. The number of hydrogen-bond acceptors (Lipinski definition) is 0. The van der Waals surface area contributed by atoms with Crippen LogP contribution in [0.5, 0.6) is 0 Å². The highest BCUT2D eigenvalue weighted by Gasteiger charge is 2.52. The van der Waals surface area contributed by atoms with E-state index in [4.69, 9.17) is 0 Å². The summed E-state index contributed by atoms with van der Waals surface area (Å²) in [7, 11) is 0. The molecule has 0 N–H and O–H groups in total. The van der Waals surface area contributed by atoms with Crippen molar-refractivity contribution in [3.63, 3.8) is 0 Å². The number of hydrogen-bond donors (Lipinski definition) is 0. The predicted octanol–water partition coefficient (Wildman–Crippen LogP) is 7.68. The Hall–Kier alpha value is 0.820. The number of rotatable bonds is 6. The highest BCUT2D eigenvalue weighted by atomic mass is 79.9. The molecule has 0 aromatic rings. The molecular weight excluding hydrogens is 414 g/mol. The molecule has 2 saturated carbocycles. The molecule has 4 heteroatoms. The van der Waals surface area contributed by atoms with Crippen molar-refractivity contribution in [1.82, 2.24) is 0 Å². The molecule has 0 aromatic heterocycles. The summed E-state index contributed by atoms with van der Waals surface area (Å²) >= 11 is 5.89. The van der Waals surface area contributed by atoms with Gasteiger partial charge in [0.1, 0.15) is 0 Å². The van der Waals surface area contributed by atoms with Crippen molar-refractivity contribution in [3.05, 3.63) is 0 Å². The summed E-state index contributed by atoms with van der Waals surface area (Å²) in [5, 5.41) is 0. The lowest BCUT2D eigenvalue weighted by Crippen LogP contribution is -2.42. The quantitative estimate of drug-likeness (QED) is 0.291. The summed E-state index contributed by atoms with van der Waals surface area (Å²) in [5.41, 5.74) is 0. The monoisotopic (exact) mass is 442 g/mol. The van der Waals surface area contributed by atoms with E-state index in [9.17, 15) is 8.78 Å². The zero-order valence-electron chi connectivity index (χ0n) is 13.7. The van der Waals surface area contributed by atoms with Crippen LogP contribution in [0, 0.1) is 17.8 Å². The van der Waals surface area contributed by atoms with Gasteiger partial charge in [0.15, 0.2) is 0 Å². The molecule has 0 saturated heterocycles. The van der Waals surface area contributed by atoms with Gasteiger partial charge in [-0.05, 0) is 72.2 Å². The van der Waals surface area contributed by atoms with Crippen molar-refractivity contribution < 1.29 is 8.78 Å². The third kappa shape index (κ3) is 4.91. The second-order valence-electron chi connectivity index (χ2n) is 7.58. The van der Waals surface area contributed by atoms with Gasteiger partial charge < -0.3 is 0 Å². The first-order chi connectivity index (χ1) is 10.4. The Kier molecular flexibility index (Phi) is 7.20. The van der Waals surface area contributed by atoms with Crippen LogP contribution in [0.1, 0.15) is 84.0 Å². The third-order valence-electron chi connectivity index (χ3n) is 6.10. The molecule has 2 aliphatic rings. The van der Waals surface area contributed by atoms with Crippen LogP contribution in [0.25, 0.3) is 0 Å². The zero-order chi connectivity index (χ0) is 16.2. The summed E-state index contributed by atoms with van der Waals surface area (Å²) < 4.78 is 26.2. The molecule has 0 unspecified atom stereocenters. The molecule has 0 bridgehead atoms. The normalized spacial score (nSPS) is 37.2. The number of alkyl halides is 4. The SMILES string of the molecule is CCCCCC1CCC(C2CCC(Br)(C(F)(F)Br)CC2)CC1. The van der Waals surface area contributed by atoms with Crippen LogP contribution >= 0.6 is 31.9 Å². The van der Waals surface area contributed by atoms with Crippen molar-refractivity contribution in [2.24, 2.45) is 17.8 Å². The fraction of sp³-hybridized carbons (Fsp3) is 1.00.